The molecule has 202 valence electrons. The van der Waals surface area contributed by atoms with Crippen LogP contribution in [-0.4, -0.2) is 46.1 Å². The lowest BCUT2D eigenvalue weighted by molar-refractivity contribution is -0.140. The Hall–Kier alpha value is -3.55. The van der Waals surface area contributed by atoms with Crippen LogP contribution in [0, 0.1) is 20.8 Å². The normalized spacial score (nSPS) is 12.9. The first-order chi connectivity index (χ1) is 17.3. The molecule has 0 aromatic heterocycles. The van der Waals surface area contributed by atoms with Crippen molar-refractivity contribution in [1.82, 2.24) is 10.2 Å². The zero-order valence-corrected chi connectivity index (χ0v) is 23.3. The van der Waals surface area contributed by atoms with E-state index in [0.717, 1.165) is 17.5 Å². The number of para-hydroxylation sites is 2. The number of amides is 3. The van der Waals surface area contributed by atoms with Gasteiger partial charge in [-0.3, -0.25) is 9.59 Å². The third-order valence-corrected chi connectivity index (χ3v) is 5.99. The first-order valence-electron chi connectivity index (χ1n) is 12.7. The number of aryl methyl sites for hydroxylation is 3. The molecule has 0 heterocycles. The van der Waals surface area contributed by atoms with Gasteiger partial charge in [-0.1, -0.05) is 49.7 Å². The van der Waals surface area contributed by atoms with Crippen LogP contribution in [0.2, 0.25) is 0 Å². The van der Waals surface area contributed by atoms with Crippen LogP contribution in [0.1, 0.15) is 75.8 Å². The summed E-state index contributed by atoms with van der Waals surface area (Å²) in [6.07, 6.45) is 0.687. The lowest BCUT2D eigenvalue weighted by atomic mass is 9.98. The minimum absolute atomic E-state index is 0.0498. The monoisotopic (exact) mass is 511 g/mol. The van der Waals surface area contributed by atoms with Gasteiger partial charge in [0, 0.05) is 17.8 Å². The highest BCUT2D eigenvalue weighted by molar-refractivity contribution is 6.00. The summed E-state index contributed by atoms with van der Waals surface area (Å²) in [7, 11) is 0. The highest BCUT2D eigenvalue weighted by Crippen LogP contribution is 2.34. The van der Waals surface area contributed by atoms with Crippen molar-refractivity contribution in [3.8, 4) is 5.75 Å². The molecule has 2 unspecified atom stereocenters. The van der Waals surface area contributed by atoms with Crippen LogP contribution in [-0.2, 0) is 14.3 Å². The number of anilines is 1. The fourth-order valence-corrected chi connectivity index (χ4v) is 4.05. The number of rotatable bonds is 9. The van der Waals surface area contributed by atoms with Gasteiger partial charge >= 0.3 is 6.09 Å². The number of unbranched alkanes of at least 4 members (excludes halogenated alkanes) is 1. The first kappa shape index (κ1) is 29.7. The van der Waals surface area contributed by atoms with E-state index in [-0.39, 0.29) is 12.3 Å². The summed E-state index contributed by atoms with van der Waals surface area (Å²) >= 11 is 0. The number of carbonyl (C=O) groups excluding carboxylic acids is 3. The summed E-state index contributed by atoms with van der Waals surface area (Å²) < 4.78 is 5.31. The van der Waals surface area contributed by atoms with Gasteiger partial charge < -0.3 is 25.4 Å². The molecule has 2 aromatic carbocycles. The summed E-state index contributed by atoms with van der Waals surface area (Å²) in [5.74, 6) is -0.958. The zero-order valence-electron chi connectivity index (χ0n) is 23.3. The van der Waals surface area contributed by atoms with E-state index < -0.39 is 35.6 Å². The van der Waals surface area contributed by atoms with Gasteiger partial charge in [-0.15, -0.1) is 0 Å². The van der Waals surface area contributed by atoms with Crippen molar-refractivity contribution in [2.24, 2.45) is 0 Å². The average molecular weight is 512 g/mol. The lowest BCUT2D eigenvalue weighted by Crippen LogP contribution is -2.51. The van der Waals surface area contributed by atoms with Crippen LogP contribution >= 0.6 is 0 Å². The van der Waals surface area contributed by atoms with E-state index in [9.17, 15) is 19.5 Å². The van der Waals surface area contributed by atoms with Gasteiger partial charge in [0.1, 0.15) is 23.4 Å². The molecule has 0 saturated carbocycles. The topological polar surface area (TPSA) is 108 Å². The third-order valence-electron chi connectivity index (χ3n) is 5.99. The van der Waals surface area contributed by atoms with Gasteiger partial charge in [-0.25, -0.2) is 4.79 Å². The Morgan fingerprint density at radius 3 is 2.14 bits per heavy atom. The maximum absolute atomic E-state index is 13.9. The smallest absolute Gasteiger partial charge is 0.408 e. The molecule has 0 saturated heterocycles. The second kappa shape index (κ2) is 12.6. The van der Waals surface area contributed by atoms with E-state index in [0.29, 0.717) is 23.2 Å². The van der Waals surface area contributed by atoms with Gasteiger partial charge in [-0.2, -0.15) is 0 Å². The highest BCUT2D eigenvalue weighted by atomic mass is 16.6. The minimum atomic E-state index is -1.12. The van der Waals surface area contributed by atoms with Crippen LogP contribution < -0.4 is 10.6 Å². The number of phenolic OH excluding ortho intramolecular Hbond substituents is 1. The number of nitrogens with one attached hydrogen (secondary N) is 2. The first-order valence-corrected chi connectivity index (χ1v) is 12.7. The Morgan fingerprint density at radius 2 is 1.57 bits per heavy atom. The number of hydrogen-bond donors (Lipinski definition) is 3. The number of hydrogen-bond acceptors (Lipinski definition) is 5. The molecule has 0 radical (unpaired) electrons. The predicted octanol–water partition coefficient (Wildman–Crippen LogP) is 5.54. The molecule has 0 bridgehead atoms. The van der Waals surface area contributed by atoms with Gasteiger partial charge in [-0.05, 0) is 71.6 Å². The predicted molar refractivity (Wildman–Crippen MR) is 146 cm³/mol. The fraction of sp³-hybridized carbons (Fsp3) is 0.483. The van der Waals surface area contributed by atoms with E-state index in [2.05, 4.69) is 10.6 Å². The number of phenols is 1. The van der Waals surface area contributed by atoms with Crippen molar-refractivity contribution in [3.05, 3.63) is 58.7 Å². The molecule has 0 aliphatic heterocycles. The zero-order chi connectivity index (χ0) is 27.9. The molecule has 0 fully saturated rings. The number of carbonyl (C=O) groups is 3. The van der Waals surface area contributed by atoms with E-state index in [1.165, 1.54) is 4.90 Å². The molecule has 2 rings (SSSR count). The molecular formula is C29H41N3O5. The Morgan fingerprint density at radius 1 is 1.00 bits per heavy atom. The van der Waals surface area contributed by atoms with Gasteiger partial charge in [0.2, 0.25) is 5.91 Å². The molecule has 3 amide bonds. The Labute approximate surface area is 220 Å². The van der Waals surface area contributed by atoms with Gasteiger partial charge in [0.25, 0.3) is 5.91 Å². The quantitative estimate of drug-likeness (QED) is 0.410. The molecule has 0 aliphatic carbocycles. The lowest BCUT2D eigenvalue weighted by Gasteiger charge is -2.34. The van der Waals surface area contributed by atoms with Crippen molar-refractivity contribution in [2.75, 3.05) is 11.9 Å². The van der Waals surface area contributed by atoms with Crippen LogP contribution in [0.4, 0.5) is 10.5 Å². The van der Waals surface area contributed by atoms with E-state index in [1.54, 1.807) is 52.8 Å². The summed E-state index contributed by atoms with van der Waals surface area (Å²) in [4.78, 5) is 41.4. The molecule has 0 spiro atoms. The summed E-state index contributed by atoms with van der Waals surface area (Å²) in [6, 6.07) is 8.75. The Kier molecular flexibility index (Phi) is 10.1. The summed E-state index contributed by atoms with van der Waals surface area (Å²) in [5.41, 5.74) is 2.60. The van der Waals surface area contributed by atoms with E-state index >= 15 is 0 Å². The standard InChI is InChI=1S/C29H41N3O5/c1-9-10-17-32(27(35)21(5)30-28(36)37-29(6,7)8)24(22-16-12-15-20(4)25(22)33)26(34)31-23-18(2)13-11-14-19(23)3/h11-16,21,24,33H,9-10,17H2,1-8H3,(H,30,36)(H,31,34). The average Bonchev–Trinajstić information content (AvgIpc) is 2.79. The number of ether oxygens (including phenoxy) is 1. The number of aromatic hydroxyl groups is 1. The van der Waals surface area contributed by atoms with Crippen molar-refractivity contribution in [3.63, 3.8) is 0 Å². The second-order valence-electron chi connectivity index (χ2n) is 10.4. The number of benzene rings is 2. The van der Waals surface area contributed by atoms with Crippen LogP contribution in [0.15, 0.2) is 36.4 Å². The van der Waals surface area contributed by atoms with Crippen LogP contribution in [0.25, 0.3) is 0 Å². The van der Waals surface area contributed by atoms with Crippen molar-refractivity contribution in [2.45, 2.75) is 85.9 Å². The van der Waals surface area contributed by atoms with Gasteiger partial charge in [0.15, 0.2) is 0 Å². The third kappa shape index (κ3) is 7.97. The molecular weight excluding hydrogens is 470 g/mol. The molecule has 37 heavy (non-hydrogen) atoms. The van der Waals surface area contributed by atoms with Crippen LogP contribution in [0.3, 0.4) is 0 Å². The Balaban J connectivity index is 2.53. The summed E-state index contributed by atoms with van der Waals surface area (Å²) in [5, 5.41) is 16.5. The maximum Gasteiger partial charge on any atom is 0.408 e. The van der Waals surface area contributed by atoms with Gasteiger partial charge in [0.05, 0.1) is 0 Å². The van der Waals surface area contributed by atoms with Crippen molar-refractivity contribution in [1.29, 1.82) is 0 Å². The molecule has 0 aliphatic rings. The Bertz CT molecular complexity index is 1100. The van der Waals surface area contributed by atoms with E-state index in [4.69, 9.17) is 4.74 Å². The maximum atomic E-state index is 13.9. The number of alkyl carbamates (subject to hydrolysis) is 1. The summed E-state index contributed by atoms with van der Waals surface area (Å²) in [6.45, 7) is 14.5. The van der Waals surface area contributed by atoms with E-state index in [1.807, 2.05) is 39.0 Å². The molecule has 3 N–H and O–H groups in total. The SMILES string of the molecule is CCCCN(C(=O)C(C)NC(=O)OC(C)(C)C)C(C(=O)Nc1c(C)cccc1C)c1cccc(C)c1O. The molecule has 2 atom stereocenters. The van der Waals surface area contributed by atoms with Crippen molar-refractivity contribution >= 4 is 23.6 Å². The number of nitrogens with zero attached hydrogens (tertiary/aromatic N) is 1. The minimum Gasteiger partial charge on any atom is -0.507 e. The van der Waals surface area contributed by atoms with Crippen LogP contribution in [0.5, 0.6) is 5.75 Å². The fourth-order valence-electron chi connectivity index (χ4n) is 4.05. The molecule has 8 heteroatoms. The van der Waals surface area contributed by atoms with Crippen molar-refractivity contribution < 1.29 is 24.2 Å². The largest absolute Gasteiger partial charge is 0.507 e. The molecule has 2 aromatic rings. The highest BCUT2D eigenvalue weighted by Gasteiger charge is 2.36. The molecule has 8 nitrogen and oxygen atoms in total. The second-order valence-corrected chi connectivity index (χ2v) is 10.4.